The van der Waals surface area contributed by atoms with Gasteiger partial charge in [-0.15, -0.1) is 0 Å². The number of benzene rings is 1. The molecule has 1 saturated carbocycles. The van der Waals surface area contributed by atoms with Crippen LogP contribution in [-0.4, -0.2) is 46.3 Å². The Balaban J connectivity index is 1.21. The van der Waals surface area contributed by atoms with E-state index >= 15 is 0 Å². The Hall–Kier alpha value is -2.14. The number of amides is 1. The second kappa shape index (κ2) is 8.78. The van der Waals surface area contributed by atoms with E-state index in [1.165, 1.54) is 61.9 Å². The van der Waals surface area contributed by atoms with E-state index in [1.54, 1.807) is 0 Å². The molecule has 2 aromatic rings. The summed E-state index contributed by atoms with van der Waals surface area (Å²) in [5.74, 6) is 1.98. The van der Waals surface area contributed by atoms with Crippen molar-refractivity contribution < 1.29 is 4.79 Å². The first kappa shape index (κ1) is 20.7. The first-order chi connectivity index (χ1) is 15.1. The Morgan fingerprint density at radius 3 is 2.61 bits per heavy atom. The lowest BCUT2D eigenvalue weighted by atomic mass is 9.74. The van der Waals surface area contributed by atoms with Crippen molar-refractivity contribution in [1.82, 2.24) is 20.0 Å². The van der Waals surface area contributed by atoms with Crippen LogP contribution >= 0.6 is 0 Å². The summed E-state index contributed by atoms with van der Waals surface area (Å²) in [5.41, 5.74) is 4.69. The molecule has 4 atom stereocenters. The van der Waals surface area contributed by atoms with Crippen LogP contribution in [0.25, 0.3) is 0 Å². The highest BCUT2D eigenvalue weighted by Gasteiger charge is 2.42. The Morgan fingerprint density at radius 2 is 1.90 bits per heavy atom. The fourth-order valence-electron chi connectivity index (χ4n) is 6.15. The number of rotatable bonds is 5. The molecule has 0 radical (unpaired) electrons. The average molecular weight is 421 g/mol. The van der Waals surface area contributed by atoms with E-state index in [0.717, 1.165) is 25.2 Å². The summed E-state index contributed by atoms with van der Waals surface area (Å²) < 4.78 is 2.17. The molecule has 4 fully saturated rings. The van der Waals surface area contributed by atoms with Gasteiger partial charge < -0.3 is 5.32 Å². The van der Waals surface area contributed by atoms with Gasteiger partial charge in [0.25, 0.3) is 5.91 Å². The van der Waals surface area contributed by atoms with Crippen molar-refractivity contribution in [2.45, 2.75) is 69.7 Å². The zero-order valence-electron chi connectivity index (χ0n) is 19.0. The zero-order chi connectivity index (χ0) is 21.4. The molecule has 31 heavy (non-hydrogen) atoms. The molecule has 4 aliphatic rings. The molecule has 0 spiro atoms. The summed E-state index contributed by atoms with van der Waals surface area (Å²) in [7, 11) is 2.14. The number of aryl methyl sites for hydroxylation is 2. The van der Waals surface area contributed by atoms with Crippen molar-refractivity contribution >= 4 is 5.91 Å². The second-order valence-electron chi connectivity index (χ2n) is 10.1. The molecule has 166 valence electrons. The van der Waals surface area contributed by atoms with Crippen LogP contribution in [0.1, 0.15) is 84.1 Å². The predicted molar refractivity (Wildman–Crippen MR) is 123 cm³/mol. The molecule has 3 saturated heterocycles. The number of piperidine rings is 3. The monoisotopic (exact) mass is 420 g/mol. The SMILES string of the molecule is Cc1ccc(C(=O)NC[C@@H]2C[C@H]3CCN2C[C@@H]3c2cc(C3CCCCC3)nn2C)cc1. The number of hydrogen-bond donors (Lipinski definition) is 1. The predicted octanol–water partition coefficient (Wildman–Crippen LogP) is 4.38. The highest BCUT2D eigenvalue weighted by molar-refractivity contribution is 5.94. The third kappa shape index (κ3) is 4.30. The number of nitrogens with zero attached hydrogens (tertiary/aromatic N) is 3. The Bertz CT molecular complexity index is 912. The highest BCUT2D eigenvalue weighted by Crippen LogP contribution is 2.42. The van der Waals surface area contributed by atoms with Gasteiger partial charge in [-0.1, -0.05) is 37.0 Å². The third-order valence-electron chi connectivity index (χ3n) is 8.03. The minimum absolute atomic E-state index is 0.0444. The molecule has 6 rings (SSSR count). The molecule has 1 N–H and O–H groups in total. The van der Waals surface area contributed by atoms with Crippen molar-refractivity contribution in [1.29, 1.82) is 0 Å². The van der Waals surface area contributed by atoms with Gasteiger partial charge in [0.05, 0.1) is 5.69 Å². The summed E-state index contributed by atoms with van der Waals surface area (Å²) in [6.07, 6.45) is 9.13. The molecular formula is C26H36N4O. The van der Waals surface area contributed by atoms with Gasteiger partial charge in [0.1, 0.15) is 0 Å². The van der Waals surface area contributed by atoms with E-state index in [2.05, 4.69) is 28.0 Å². The van der Waals surface area contributed by atoms with Gasteiger partial charge in [0.2, 0.25) is 0 Å². The number of carbonyl (C=O) groups is 1. The molecule has 4 heterocycles. The Labute approximate surface area is 186 Å². The van der Waals surface area contributed by atoms with Gasteiger partial charge in [-0.3, -0.25) is 14.4 Å². The average Bonchev–Trinajstić information content (AvgIpc) is 3.20. The van der Waals surface area contributed by atoms with Crippen molar-refractivity contribution in [3.8, 4) is 0 Å². The van der Waals surface area contributed by atoms with Crippen molar-refractivity contribution in [3.05, 3.63) is 52.8 Å². The van der Waals surface area contributed by atoms with Crippen LogP contribution in [0.4, 0.5) is 0 Å². The summed E-state index contributed by atoms with van der Waals surface area (Å²) in [5, 5.41) is 8.14. The largest absolute Gasteiger partial charge is 0.350 e. The lowest BCUT2D eigenvalue weighted by molar-refractivity contribution is 0.0280. The van der Waals surface area contributed by atoms with Crippen LogP contribution in [0.3, 0.4) is 0 Å². The van der Waals surface area contributed by atoms with Gasteiger partial charge in [0.15, 0.2) is 0 Å². The molecule has 5 nitrogen and oxygen atoms in total. The van der Waals surface area contributed by atoms with E-state index in [9.17, 15) is 4.79 Å². The van der Waals surface area contributed by atoms with E-state index in [1.807, 2.05) is 31.2 Å². The maximum atomic E-state index is 12.5. The molecule has 1 aliphatic carbocycles. The summed E-state index contributed by atoms with van der Waals surface area (Å²) in [4.78, 5) is 15.2. The van der Waals surface area contributed by atoms with E-state index in [-0.39, 0.29) is 5.91 Å². The van der Waals surface area contributed by atoms with Crippen LogP contribution in [0, 0.1) is 12.8 Å². The normalized spacial score (nSPS) is 28.6. The molecular weight excluding hydrogens is 384 g/mol. The van der Waals surface area contributed by atoms with Crippen LogP contribution in [0.15, 0.2) is 30.3 Å². The van der Waals surface area contributed by atoms with E-state index in [4.69, 9.17) is 5.10 Å². The van der Waals surface area contributed by atoms with Crippen LogP contribution < -0.4 is 5.32 Å². The van der Waals surface area contributed by atoms with Crippen LogP contribution in [0.5, 0.6) is 0 Å². The number of aromatic nitrogens is 2. The standard InChI is InChI=1S/C26H36N4O/c1-18-8-10-20(11-9-18)26(31)27-16-22-14-21-12-13-30(22)17-23(21)25-15-24(28-29(25)2)19-6-4-3-5-7-19/h8-11,15,19,21-23H,3-7,12-14,16-17H2,1-2H3,(H,27,31)/t21-,22+,23+/m1/s1. The quantitative estimate of drug-likeness (QED) is 0.781. The van der Waals surface area contributed by atoms with Gasteiger partial charge in [-0.2, -0.15) is 5.10 Å². The summed E-state index contributed by atoms with van der Waals surface area (Å²) in [6, 6.07) is 10.7. The Morgan fingerprint density at radius 1 is 1.13 bits per heavy atom. The smallest absolute Gasteiger partial charge is 0.251 e. The third-order valence-corrected chi connectivity index (χ3v) is 8.03. The van der Waals surface area contributed by atoms with E-state index in [0.29, 0.717) is 23.8 Å². The van der Waals surface area contributed by atoms with Crippen molar-refractivity contribution in [2.24, 2.45) is 13.0 Å². The molecule has 2 bridgehead atoms. The zero-order valence-corrected chi connectivity index (χ0v) is 19.0. The molecule has 3 aliphatic heterocycles. The van der Waals surface area contributed by atoms with Gasteiger partial charge >= 0.3 is 0 Å². The van der Waals surface area contributed by atoms with Crippen LogP contribution in [-0.2, 0) is 7.05 Å². The Kier molecular flexibility index (Phi) is 5.87. The number of nitrogens with one attached hydrogen (secondary N) is 1. The molecule has 1 unspecified atom stereocenters. The highest BCUT2D eigenvalue weighted by atomic mass is 16.1. The fraction of sp³-hybridized carbons (Fsp3) is 0.615. The second-order valence-corrected chi connectivity index (χ2v) is 10.1. The minimum Gasteiger partial charge on any atom is -0.350 e. The first-order valence-electron chi connectivity index (χ1n) is 12.2. The summed E-state index contributed by atoms with van der Waals surface area (Å²) in [6.45, 7) is 5.04. The summed E-state index contributed by atoms with van der Waals surface area (Å²) >= 11 is 0. The molecule has 1 aromatic heterocycles. The van der Waals surface area contributed by atoms with Gasteiger partial charge in [-0.05, 0) is 63.3 Å². The van der Waals surface area contributed by atoms with Gasteiger partial charge in [0, 0.05) is 49.3 Å². The lowest BCUT2D eigenvalue weighted by Gasteiger charge is -2.50. The number of fused-ring (bicyclic) bond motifs is 3. The maximum absolute atomic E-state index is 12.5. The number of hydrogen-bond acceptors (Lipinski definition) is 3. The first-order valence-corrected chi connectivity index (χ1v) is 12.2. The van der Waals surface area contributed by atoms with Gasteiger partial charge in [-0.25, -0.2) is 0 Å². The maximum Gasteiger partial charge on any atom is 0.251 e. The minimum atomic E-state index is 0.0444. The van der Waals surface area contributed by atoms with Crippen molar-refractivity contribution in [3.63, 3.8) is 0 Å². The van der Waals surface area contributed by atoms with E-state index < -0.39 is 0 Å². The number of carbonyl (C=O) groups excluding carboxylic acids is 1. The fourth-order valence-corrected chi connectivity index (χ4v) is 6.15. The molecule has 1 aromatic carbocycles. The molecule has 5 heteroatoms. The lowest BCUT2D eigenvalue weighted by Crippen LogP contribution is -2.56. The molecule has 1 amide bonds. The topological polar surface area (TPSA) is 50.2 Å². The van der Waals surface area contributed by atoms with Crippen LogP contribution in [0.2, 0.25) is 0 Å². The van der Waals surface area contributed by atoms with Crippen molar-refractivity contribution in [2.75, 3.05) is 19.6 Å².